The van der Waals surface area contributed by atoms with Crippen molar-refractivity contribution in [3.63, 3.8) is 0 Å². The van der Waals surface area contributed by atoms with Gasteiger partial charge in [-0.15, -0.1) is 0 Å². The number of aliphatic hydroxyl groups is 1. The van der Waals surface area contributed by atoms with Crippen molar-refractivity contribution >= 4 is 5.78 Å². The molecule has 5 fully saturated rings. The van der Waals surface area contributed by atoms with Gasteiger partial charge in [-0.1, -0.05) is 6.92 Å². The fourth-order valence-corrected chi connectivity index (χ4v) is 7.84. The van der Waals surface area contributed by atoms with Crippen molar-refractivity contribution in [1.82, 2.24) is 0 Å². The van der Waals surface area contributed by atoms with Crippen molar-refractivity contribution in [1.29, 1.82) is 0 Å². The number of aliphatic hydroxyl groups excluding tert-OH is 1. The van der Waals surface area contributed by atoms with Crippen LogP contribution in [-0.4, -0.2) is 36.5 Å². The summed E-state index contributed by atoms with van der Waals surface area (Å²) in [6.45, 7) is 3.96. The zero-order valence-corrected chi connectivity index (χ0v) is 15.5. The van der Waals surface area contributed by atoms with E-state index < -0.39 is 0 Å². The standard InChI is InChI=1S/C21H32O4/c1-19-7-6-17-15(16(19)4-5-18(19)23)3-2-14-12-21(24-10-11-25-21)9-8-20(14,17)13-22/h14-17,22H,2-13H2,1H3. The van der Waals surface area contributed by atoms with Crippen LogP contribution < -0.4 is 0 Å². The molecule has 4 heteroatoms. The van der Waals surface area contributed by atoms with Crippen molar-refractivity contribution in [3.8, 4) is 0 Å². The van der Waals surface area contributed by atoms with Crippen molar-refractivity contribution in [2.45, 2.75) is 70.5 Å². The fourth-order valence-electron chi connectivity index (χ4n) is 7.84. The van der Waals surface area contributed by atoms with Gasteiger partial charge in [0.15, 0.2) is 5.79 Å². The predicted octanol–water partition coefficient (Wildman–Crippen LogP) is 3.31. The van der Waals surface area contributed by atoms with E-state index >= 15 is 0 Å². The van der Waals surface area contributed by atoms with Crippen LogP contribution in [0.4, 0.5) is 0 Å². The van der Waals surface area contributed by atoms with Gasteiger partial charge in [0, 0.05) is 31.3 Å². The van der Waals surface area contributed by atoms with E-state index in [1.165, 1.54) is 6.42 Å². The van der Waals surface area contributed by atoms with E-state index in [1.54, 1.807) is 0 Å². The summed E-state index contributed by atoms with van der Waals surface area (Å²) in [4.78, 5) is 12.5. The molecule has 0 bridgehead atoms. The van der Waals surface area contributed by atoms with E-state index in [9.17, 15) is 9.90 Å². The molecule has 4 aliphatic carbocycles. The lowest BCUT2D eigenvalue weighted by atomic mass is 9.44. The van der Waals surface area contributed by atoms with E-state index in [4.69, 9.17) is 9.47 Å². The van der Waals surface area contributed by atoms with Gasteiger partial charge >= 0.3 is 0 Å². The first-order chi connectivity index (χ1) is 12.0. The minimum atomic E-state index is -0.358. The highest BCUT2D eigenvalue weighted by Gasteiger charge is 2.63. The Morgan fingerprint density at radius 3 is 2.60 bits per heavy atom. The molecule has 25 heavy (non-hydrogen) atoms. The lowest BCUT2D eigenvalue weighted by molar-refractivity contribution is -0.238. The van der Waals surface area contributed by atoms with Gasteiger partial charge in [-0.25, -0.2) is 0 Å². The summed E-state index contributed by atoms with van der Waals surface area (Å²) in [7, 11) is 0. The van der Waals surface area contributed by atoms with Gasteiger partial charge in [-0.3, -0.25) is 4.79 Å². The van der Waals surface area contributed by atoms with Gasteiger partial charge in [0.25, 0.3) is 0 Å². The van der Waals surface area contributed by atoms with E-state index in [2.05, 4.69) is 6.92 Å². The molecule has 0 amide bonds. The molecule has 1 aliphatic heterocycles. The molecule has 5 aliphatic rings. The maximum atomic E-state index is 12.5. The van der Waals surface area contributed by atoms with Gasteiger partial charge in [0.05, 0.1) is 13.2 Å². The number of hydrogen-bond donors (Lipinski definition) is 1. The van der Waals surface area contributed by atoms with Gasteiger partial charge in [0.2, 0.25) is 0 Å². The zero-order valence-electron chi connectivity index (χ0n) is 15.5. The number of ether oxygens (including phenoxy) is 2. The third-order valence-electron chi connectivity index (χ3n) is 9.18. The van der Waals surface area contributed by atoms with Crippen molar-refractivity contribution in [2.75, 3.05) is 19.8 Å². The van der Waals surface area contributed by atoms with E-state index in [0.717, 1.165) is 51.4 Å². The number of hydrogen-bond acceptors (Lipinski definition) is 4. The number of fused-ring (bicyclic) bond motifs is 5. The summed E-state index contributed by atoms with van der Waals surface area (Å²) in [6.07, 6.45) is 9.30. The minimum absolute atomic E-state index is 0.0381. The van der Waals surface area contributed by atoms with E-state index in [-0.39, 0.29) is 16.6 Å². The second-order valence-electron chi connectivity index (χ2n) is 9.77. The van der Waals surface area contributed by atoms with Crippen LogP contribution >= 0.6 is 0 Å². The smallest absolute Gasteiger partial charge is 0.168 e. The van der Waals surface area contributed by atoms with Gasteiger partial charge in [-0.05, 0) is 67.6 Å². The van der Waals surface area contributed by atoms with Crippen molar-refractivity contribution < 1.29 is 19.4 Å². The first-order valence-electron chi connectivity index (χ1n) is 10.5. The quantitative estimate of drug-likeness (QED) is 0.790. The Morgan fingerprint density at radius 1 is 1.04 bits per heavy atom. The Labute approximate surface area is 150 Å². The van der Waals surface area contributed by atoms with Gasteiger partial charge < -0.3 is 14.6 Å². The molecule has 5 rings (SSSR count). The first-order valence-corrected chi connectivity index (χ1v) is 10.5. The molecule has 4 saturated carbocycles. The van der Waals surface area contributed by atoms with Crippen LogP contribution in [0, 0.1) is 34.5 Å². The molecule has 1 saturated heterocycles. The molecule has 0 aromatic rings. The predicted molar refractivity (Wildman–Crippen MR) is 92.8 cm³/mol. The van der Waals surface area contributed by atoms with Crippen LogP contribution in [0.1, 0.15) is 64.7 Å². The van der Waals surface area contributed by atoms with Crippen LogP contribution in [0.3, 0.4) is 0 Å². The molecule has 1 N–H and O–H groups in total. The number of carbonyl (C=O) groups is 1. The molecule has 0 radical (unpaired) electrons. The second-order valence-corrected chi connectivity index (χ2v) is 9.77. The highest BCUT2D eigenvalue weighted by Crippen LogP contribution is 2.66. The number of ketones is 1. The molecule has 140 valence electrons. The highest BCUT2D eigenvalue weighted by molar-refractivity contribution is 5.87. The Bertz CT molecular complexity index is 568. The van der Waals surface area contributed by atoms with Crippen LogP contribution in [0.2, 0.25) is 0 Å². The molecule has 0 aromatic heterocycles. The van der Waals surface area contributed by atoms with E-state index in [0.29, 0.717) is 49.3 Å². The Kier molecular flexibility index (Phi) is 3.69. The maximum absolute atomic E-state index is 12.5. The number of rotatable bonds is 1. The second kappa shape index (κ2) is 5.53. The largest absolute Gasteiger partial charge is 0.396 e. The SMILES string of the molecule is CC12CCC3C(CCC4CC5(CCC43CO)OCCO5)C1CCC2=O. The number of carbonyl (C=O) groups excluding carboxylic acids is 1. The Hall–Kier alpha value is -0.450. The molecule has 6 unspecified atom stereocenters. The summed E-state index contributed by atoms with van der Waals surface area (Å²) >= 11 is 0. The van der Waals surface area contributed by atoms with Crippen LogP contribution in [0.15, 0.2) is 0 Å². The molecule has 6 atom stereocenters. The monoisotopic (exact) mass is 348 g/mol. The fraction of sp³-hybridized carbons (Fsp3) is 0.952. The molecular formula is C21H32O4. The molecule has 0 aromatic carbocycles. The summed E-state index contributed by atoms with van der Waals surface area (Å²) in [5.41, 5.74) is -0.0331. The molecule has 1 heterocycles. The van der Waals surface area contributed by atoms with E-state index in [1.807, 2.05) is 0 Å². The summed E-state index contributed by atoms with van der Waals surface area (Å²) in [6, 6.07) is 0. The molecule has 4 nitrogen and oxygen atoms in total. The molecular weight excluding hydrogens is 316 g/mol. The third kappa shape index (κ3) is 2.14. The molecule has 1 spiro atoms. The van der Waals surface area contributed by atoms with Gasteiger partial charge in [0.1, 0.15) is 5.78 Å². The first kappa shape index (κ1) is 16.7. The normalized spacial score (nSPS) is 51.2. The number of Topliss-reactive ketones (excluding diaryl/α,β-unsaturated/α-hetero) is 1. The van der Waals surface area contributed by atoms with Crippen molar-refractivity contribution in [2.24, 2.45) is 34.5 Å². The van der Waals surface area contributed by atoms with Gasteiger partial charge in [-0.2, -0.15) is 0 Å². The summed E-state index contributed by atoms with van der Waals surface area (Å²) < 4.78 is 12.0. The Morgan fingerprint density at radius 2 is 1.84 bits per heavy atom. The van der Waals surface area contributed by atoms with Crippen LogP contribution in [0.5, 0.6) is 0 Å². The topological polar surface area (TPSA) is 55.8 Å². The third-order valence-corrected chi connectivity index (χ3v) is 9.18. The van der Waals surface area contributed by atoms with Crippen LogP contribution in [-0.2, 0) is 14.3 Å². The Balaban J connectivity index is 1.45. The summed E-state index contributed by atoms with van der Waals surface area (Å²) in [5.74, 6) is 2.42. The lowest BCUT2D eigenvalue weighted by Crippen LogP contribution is -2.58. The maximum Gasteiger partial charge on any atom is 0.168 e. The minimum Gasteiger partial charge on any atom is -0.396 e. The van der Waals surface area contributed by atoms with Crippen molar-refractivity contribution in [3.05, 3.63) is 0 Å². The summed E-state index contributed by atoms with van der Waals surface area (Å²) in [5, 5.41) is 10.6. The van der Waals surface area contributed by atoms with Crippen LogP contribution in [0.25, 0.3) is 0 Å². The lowest BCUT2D eigenvalue weighted by Gasteiger charge is -2.61. The average molecular weight is 348 g/mol. The zero-order chi connectivity index (χ0) is 17.3. The average Bonchev–Trinajstić information content (AvgIpc) is 3.19. The highest BCUT2D eigenvalue weighted by atomic mass is 16.7.